The van der Waals surface area contributed by atoms with Crippen LogP contribution in [0.2, 0.25) is 0 Å². The molecule has 0 saturated carbocycles. The molecule has 0 aliphatic carbocycles. The molecule has 1 aromatic heterocycles. The van der Waals surface area contributed by atoms with Gasteiger partial charge in [-0.15, -0.1) is 0 Å². The van der Waals surface area contributed by atoms with Crippen LogP contribution in [-0.2, 0) is 20.0 Å². The Bertz CT molecular complexity index is 559. The van der Waals surface area contributed by atoms with Gasteiger partial charge < -0.3 is 5.32 Å². The van der Waals surface area contributed by atoms with Crippen LogP contribution in [0.3, 0.4) is 0 Å². The van der Waals surface area contributed by atoms with Gasteiger partial charge in [0.15, 0.2) is 0 Å². The van der Waals surface area contributed by atoms with Gasteiger partial charge in [0, 0.05) is 36.5 Å². The number of nitrogens with zero attached hydrogens (tertiary/aromatic N) is 2. The Morgan fingerprint density at radius 3 is 2.35 bits per heavy atom. The van der Waals surface area contributed by atoms with E-state index in [4.69, 9.17) is 0 Å². The smallest absolute Gasteiger partial charge is 0.0967 e. The van der Waals surface area contributed by atoms with Gasteiger partial charge in [-0.1, -0.05) is 31.2 Å². The molecule has 0 radical (unpaired) electrons. The summed E-state index contributed by atoms with van der Waals surface area (Å²) in [5, 5.41) is 8.14. The fourth-order valence-corrected chi connectivity index (χ4v) is 2.17. The van der Waals surface area contributed by atoms with Crippen molar-refractivity contribution in [2.75, 3.05) is 0 Å². The molecule has 1 aromatic carbocycles. The molecule has 0 saturated heterocycles. The molecule has 3 heteroatoms. The Hall–Kier alpha value is -1.61. The van der Waals surface area contributed by atoms with Crippen LogP contribution < -0.4 is 5.32 Å². The molecule has 0 unspecified atom stereocenters. The van der Waals surface area contributed by atoms with Gasteiger partial charge in [-0.3, -0.25) is 4.68 Å². The van der Waals surface area contributed by atoms with E-state index in [0.29, 0.717) is 0 Å². The number of benzene rings is 1. The summed E-state index contributed by atoms with van der Waals surface area (Å²) in [6.45, 7) is 9.55. The van der Waals surface area contributed by atoms with Crippen molar-refractivity contribution in [1.29, 1.82) is 0 Å². The van der Waals surface area contributed by atoms with Gasteiger partial charge in [-0.05, 0) is 32.8 Å². The van der Waals surface area contributed by atoms with E-state index in [1.165, 1.54) is 16.7 Å². The van der Waals surface area contributed by atoms with Crippen molar-refractivity contribution in [3.63, 3.8) is 0 Å². The van der Waals surface area contributed by atoms with Gasteiger partial charge in [0.2, 0.25) is 0 Å². The SMILES string of the molecule is CCc1ccc(-c2nn(C)cc2CNC(C)(C)C)cc1. The zero-order chi connectivity index (χ0) is 14.8. The van der Waals surface area contributed by atoms with E-state index >= 15 is 0 Å². The van der Waals surface area contributed by atoms with Gasteiger partial charge in [0.1, 0.15) is 0 Å². The molecule has 3 nitrogen and oxygen atoms in total. The summed E-state index contributed by atoms with van der Waals surface area (Å²) in [5.41, 5.74) is 4.98. The van der Waals surface area contributed by atoms with E-state index in [2.05, 4.69) is 68.6 Å². The molecule has 2 aromatic rings. The molecule has 0 spiro atoms. The number of aromatic nitrogens is 2. The van der Waals surface area contributed by atoms with Crippen LogP contribution in [0.1, 0.15) is 38.8 Å². The maximum atomic E-state index is 4.61. The predicted octanol–water partition coefficient (Wildman–Crippen LogP) is 3.54. The van der Waals surface area contributed by atoms with E-state index < -0.39 is 0 Å². The van der Waals surface area contributed by atoms with Crippen molar-refractivity contribution in [2.24, 2.45) is 7.05 Å². The molecule has 20 heavy (non-hydrogen) atoms. The Labute approximate surface area is 122 Å². The Kier molecular flexibility index (Phi) is 4.29. The van der Waals surface area contributed by atoms with Crippen molar-refractivity contribution in [3.8, 4) is 11.3 Å². The van der Waals surface area contributed by atoms with E-state index in [9.17, 15) is 0 Å². The summed E-state index contributed by atoms with van der Waals surface area (Å²) >= 11 is 0. The van der Waals surface area contributed by atoms with Crippen molar-refractivity contribution in [2.45, 2.75) is 46.2 Å². The number of aryl methyl sites for hydroxylation is 2. The molecular formula is C17H25N3. The topological polar surface area (TPSA) is 29.9 Å². The highest BCUT2D eigenvalue weighted by Gasteiger charge is 2.14. The first-order chi connectivity index (χ1) is 9.39. The van der Waals surface area contributed by atoms with Gasteiger partial charge in [-0.25, -0.2) is 0 Å². The van der Waals surface area contributed by atoms with Crippen molar-refractivity contribution in [1.82, 2.24) is 15.1 Å². The van der Waals surface area contributed by atoms with Crippen LogP contribution in [0.15, 0.2) is 30.5 Å². The summed E-state index contributed by atoms with van der Waals surface area (Å²) in [6.07, 6.45) is 3.17. The van der Waals surface area contributed by atoms with Crippen LogP contribution in [-0.4, -0.2) is 15.3 Å². The lowest BCUT2D eigenvalue weighted by Gasteiger charge is -2.20. The Morgan fingerprint density at radius 2 is 1.80 bits per heavy atom. The molecule has 0 bridgehead atoms. The molecule has 1 N–H and O–H groups in total. The van der Waals surface area contributed by atoms with E-state index in [1.807, 2.05) is 11.7 Å². The van der Waals surface area contributed by atoms with Crippen LogP contribution in [0.4, 0.5) is 0 Å². The van der Waals surface area contributed by atoms with Gasteiger partial charge in [0.05, 0.1) is 5.69 Å². The van der Waals surface area contributed by atoms with Crippen LogP contribution in [0.25, 0.3) is 11.3 Å². The average Bonchev–Trinajstić information content (AvgIpc) is 2.77. The van der Waals surface area contributed by atoms with E-state index in [0.717, 1.165) is 18.7 Å². The lowest BCUT2D eigenvalue weighted by molar-refractivity contribution is 0.424. The monoisotopic (exact) mass is 271 g/mol. The van der Waals surface area contributed by atoms with Gasteiger partial charge in [-0.2, -0.15) is 5.10 Å². The van der Waals surface area contributed by atoms with E-state index in [1.54, 1.807) is 0 Å². The molecule has 0 aliphatic rings. The summed E-state index contributed by atoms with van der Waals surface area (Å²) in [5.74, 6) is 0. The third-order valence-corrected chi connectivity index (χ3v) is 3.35. The van der Waals surface area contributed by atoms with E-state index in [-0.39, 0.29) is 5.54 Å². The van der Waals surface area contributed by atoms with Gasteiger partial charge >= 0.3 is 0 Å². The molecule has 0 amide bonds. The Morgan fingerprint density at radius 1 is 1.15 bits per heavy atom. The maximum Gasteiger partial charge on any atom is 0.0967 e. The summed E-state index contributed by atoms with van der Waals surface area (Å²) in [4.78, 5) is 0. The van der Waals surface area contributed by atoms with Crippen molar-refractivity contribution in [3.05, 3.63) is 41.6 Å². The summed E-state index contributed by atoms with van der Waals surface area (Å²) in [6, 6.07) is 8.71. The lowest BCUT2D eigenvalue weighted by atomic mass is 10.0. The highest BCUT2D eigenvalue weighted by molar-refractivity contribution is 5.63. The minimum absolute atomic E-state index is 0.110. The zero-order valence-corrected chi connectivity index (χ0v) is 13.2. The van der Waals surface area contributed by atoms with Crippen LogP contribution in [0, 0.1) is 0 Å². The first-order valence-corrected chi connectivity index (χ1v) is 7.26. The second-order valence-electron chi connectivity index (χ2n) is 6.33. The first kappa shape index (κ1) is 14.8. The Balaban J connectivity index is 2.26. The summed E-state index contributed by atoms with van der Waals surface area (Å²) in [7, 11) is 1.98. The number of nitrogens with one attached hydrogen (secondary N) is 1. The molecule has 1 heterocycles. The van der Waals surface area contributed by atoms with Crippen molar-refractivity contribution >= 4 is 0 Å². The normalized spacial score (nSPS) is 11.8. The van der Waals surface area contributed by atoms with Crippen LogP contribution >= 0.6 is 0 Å². The highest BCUT2D eigenvalue weighted by atomic mass is 15.3. The lowest BCUT2D eigenvalue weighted by Crippen LogP contribution is -2.35. The average molecular weight is 271 g/mol. The number of rotatable bonds is 4. The van der Waals surface area contributed by atoms with Gasteiger partial charge in [0.25, 0.3) is 0 Å². The standard InChI is InChI=1S/C17H25N3/c1-6-13-7-9-14(10-8-13)16-15(12-20(5)19-16)11-18-17(2,3)4/h7-10,12,18H,6,11H2,1-5H3. The number of hydrogen-bond acceptors (Lipinski definition) is 2. The highest BCUT2D eigenvalue weighted by Crippen LogP contribution is 2.23. The summed E-state index contributed by atoms with van der Waals surface area (Å²) < 4.78 is 1.89. The third kappa shape index (κ3) is 3.70. The zero-order valence-electron chi connectivity index (χ0n) is 13.2. The molecule has 2 rings (SSSR count). The minimum atomic E-state index is 0.110. The van der Waals surface area contributed by atoms with Crippen molar-refractivity contribution < 1.29 is 0 Å². The molecule has 0 atom stereocenters. The number of hydrogen-bond donors (Lipinski definition) is 1. The molecule has 0 fully saturated rings. The quantitative estimate of drug-likeness (QED) is 0.922. The van der Waals surface area contributed by atoms with Crippen LogP contribution in [0.5, 0.6) is 0 Å². The molecule has 108 valence electrons. The second kappa shape index (κ2) is 5.80. The fraction of sp³-hybridized carbons (Fsp3) is 0.471. The first-order valence-electron chi connectivity index (χ1n) is 7.26. The predicted molar refractivity (Wildman–Crippen MR) is 84.6 cm³/mol. The second-order valence-corrected chi connectivity index (χ2v) is 6.33. The maximum absolute atomic E-state index is 4.61. The minimum Gasteiger partial charge on any atom is -0.308 e. The molecular weight excluding hydrogens is 246 g/mol. The largest absolute Gasteiger partial charge is 0.308 e. The fourth-order valence-electron chi connectivity index (χ4n) is 2.17. The molecule has 0 aliphatic heterocycles. The third-order valence-electron chi connectivity index (χ3n) is 3.35.